The third-order valence-electron chi connectivity index (χ3n) is 4.79. The minimum absolute atomic E-state index is 0.0161. The van der Waals surface area contributed by atoms with Crippen molar-refractivity contribution < 1.29 is 13.2 Å². The maximum absolute atomic E-state index is 12.3. The van der Waals surface area contributed by atoms with Crippen molar-refractivity contribution in [3.8, 4) is 0 Å². The topological polar surface area (TPSA) is 83.7 Å². The third kappa shape index (κ3) is 4.40. The fraction of sp³-hybridized carbons (Fsp3) is 0.929. The number of piperidine rings is 1. The Labute approximate surface area is 127 Å². The Morgan fingerprint density at radius 1 is 1.43 bits per heavy atom. The first-order valence-corrected chi connectivity index (χ1v) is 9.54. The van der Waals surface area contributed by atoms with Crippen molar-refractivity contribution in [3.05, 3.63) is 0 Å². The zero-order chi connectivity index (χ0) is 15.6. The van der Waals surface area contributed by atoms with E-state index < -0.39 is 9.84 Å². The molecule has 1 amide bonds. The Balaban J connectivity index is 1.86. The monoisotopic (exact) mass is 317 g/mol. The summed E-state index contributed by atoms with van der Waals surface area (Å²) in [4.78, 5) is 16.1. The first-order chi connectivity index (χ1) is 9.78. The summed E-state index contributed by atoms with van der Waals surface area (Å²) in [6, 6.07) is -0.00266. The molecule has 0 spiro atoms. The molecule has 0 aromatic rings. The second-order valence-electron chi connectivity index (χ2n) is 6.56. The van der Waals surface area contributed by atoms with Crippen molar-refractivity contribution in [1.82, 2.24) is 9.80 Å². The number of carbonyl (C=O) groups is 1. The number of rotatable bonds is 4. The van der Waals surface area contributed by atoms with Gasteiger partial charge in [0.25, 0.3) is 0 Å². The molecule has 2 N–H and O–H groups in total. The molecule has 2 saturated heterocycles. The highest BCUT2D eigenvalue weighted by molar-refractivity contribution is 7.91. The van der Waals surface area contributed by atoms with Crippen molar-refractivity contribution >= 4 is 15.7 Å². The summed E-state index contributed by atoms with van der Waals surface area (Å²) in [6.45, 7) is 4.17. The fourth-order valence-electron chi connectivity index (χ4n) is 3.25. The quantitative estimate of drug-likeness (QED) is 0.769. The van der Waals surface area contributed by atoms with Gasteiger partial charge >= 0.3 is 0 Å². The van der Waals surface area contributed by atoms with Crippen LogP contribution < -0.4 is 5.73 Å². The summed E-state index contributed by atoms with van der Waals surface area (Å²) in [5.74, 6) is 0.773. The molecule has 6 nitrogen and oxygen atoms in total. The number of likely N-dealkylation sites (N-methyl/N-ethyl adjacent to an activating group) is 1. The van der Waals surface area contributed by atoms with Crippen LogP contribution in [-0.4, -0.2) is 74.4 Å². The number of nitrogens with two attached hydrogens (primary N) is 1. The summed E-state index contributed by atoms with van der Waals surface area (Å²) in [5.41, 5.74) is 5.96. The van der Waals surface area contributed by atoms with Crippen LogP contribution in [0.15, 0.2) is 0 Å². The molecule has 2 rings (SSSR count). The van der Waals surface area contributed by atoms with Crippen LogP contribution in [0.2, 0.25) is 0 Å². The minimum Gasteiger partial charge on any atom is -0.341 e. The maximum Gasteiger partial charge on any atom is 0.236 e. The largest absolute Gasteiger partial charge is 0.341 e. The van der Waals surface area contributed by atoms with Gasteiger partial charge in [-0.25, -0.2) is 8.42 Å². The second-order valence-corrected chi connectivity index (χ2v) is 8.79. The molecule has 0 aromatic heterocycles. The molecule has 3 unspecified atom stereocenters. The number of sulfone groups is 1. The van der Waals surface area contributed by atoms with Gasteiger partial charge in [-0.3, -0.25) is 9.69 Å². The van der Waals surface area contributed by atoms with Crippen LogP contribution in [0.3, 0.4) is 0 Å². The standard InChI is InChI=1S/C14H27N3O3S/c1-11(15)12-4-3-6-17(8-12)9-14(18)16(2)13-5-7-21(19,20)10-13/h11-13H,3-10,15H2,1-2H3. The molecule has 0 radical (unpaired) electrons. The van der Waals surface area contributed by atoms with Gasteiger partial charge in [-0.05, 0) is 38.6 Å². The van der Waals surface area contributed by atoms with E-state index in [4.69, 9.17) is 5.73 Å². The summed E-state index contributed by atoms with van der Waals surface area (Å²) in [7, 11) is -1.23. The second kappa shape index (κ2) is 6.62. The normalized spacial score (nSPS) is 31.0. The van der Waals surface area contributed by atoms with E-state index in [1.807, 2.05) is 6.92 Å². The van der Waals surface area contributed by atoms with Crippen LogP contribution in [-0.2, 0) is 14.6 Å². The van der Waals surface area contributed by atoms with E-state index in [1.54, 1.807) is 11.9 Å². The first kappa shape index (κ1) is 16.7. The lowest BCUT2D eigenvalue weighted by Crippen LogP contribution is -2.48. The molecule has 122 valence electrons. The van der Waals surface area contributed by atoms with Gasteiger partial charge in [-0.2, -0.15) is 0 Å². The summed E-state index contributed by atoms with van der Waals surface area (Å²) in [6.07, 6.45) is 2.76. The SMILES string of the molecule is CC(N)C1CCCN(CC(=O)N(C)C2CCS(=O)(=O)C2)C1. The maximum atomic E-state index is 12.3. The molecule has 2 aliphatic rings. The van der Waals surface area contributed by atoms with Crippen molar-refractivity contribution in [3.63, 3.8) is 0 Å². The summed E-state index contributed by atoms with van der Waals surface area (Å²) >= 11 is 0. The lowest BCUT2D eigenvalue weighted by Gasteiger charge is -2.35. The van der Waals surface area contributed by atoms with E-state index in [1.165, 1.54) is 0 Å². The minimum atomic E-state index is -2.95. The van der Waals surface area contributed by atoms with Gasteiger partial charge in [0.2, 0.25) is 5.91 Å². The number of nitrogens with zero attached hydrogens (tertiary/aromatic N) is 2. The van der Waals surface area contributed by atoms with Crippen LogP contribution in [0.4, 0.5) is 0 Å². The highest BCUT2D eigenvalue weighted by Crippen LogP contribution is 2.20. The average molecular weight is 317 g/mol. The first-order valence-electron chi connectivity index (χ1n) is 7.72. The molecule has 7 heteroatoms. The number of carbonyl (C=O) groups excluding carboxylic acids is 1. The Hall–Kier alpha value is -0.660. The molecule has 2 fully saturated rings. The average Bonchev–Trinajstić information content (AvgIpc) is 2.78. The molecular formula is C14H27N3O3S. The van der Waals surface area contributed by atoms with Gasteiger partial charge < -0.3 is 10.6 Å². The van der Waals surface area contributed by atoms with Gasteiger partial charge in [0.15, 0.2) is 9.84 Å². The van der Waals surface area contributed by atoms with Gasteiger partial charge in [0, 0.05) is 25.7 Å². The van der Waals surface area contributed by atoms with Gasteiger partial charge in [-0.15, -0.1) is 0 Å². The molecule has 0 aliphatic carbocycles. The molecule has 0 saturated carbocycles. The molecule has 2 aliphatic heterocycles. The molecule has 21 heavy (non-hydrogen) atoms. The predicted molar refractivity (Wildman–Crippen MR) is 82.6 cm³/mol. The van der Waals surface area contributed by atoms with Gasteiger partial charge in [-0.1, -0.05) is 0 Å². The number of hydrogen-bond donors (Lipinski definition) is 1. The van der Waals surface area contributed by atoms with Crippen LogP contribution in [0, 0.1) is 5.92 Å². The Morgan fingerprint density at radius 3 is 2.71 bits per heavy atom. The smallest absolute Gasteiger partial charge is 0.236 e. The number of hydrogen-bond acceptors (Lipinski definition) is 5. The highest BCUT2D eigenvalue weighted by atomic mass is 32.2. The van der Waals surface area contributed by atoms with E-state index in [0.717, 1.165) is 25.9 Å². The molecule has 3 atom stereocenters. The molecule has 0 aromatic carbocycles. The van der Waals surface area contributed by atoms with Crippen LogP contribution in [0.1, 0.15) is 26.2 Å². The van der Waals surface area contributed by atoms with Crippen molar-refractivity contribution in [2.45, 2.75) is 38.3 Å². The predicted octanol–water partition coefficient (Wildman–Crippen LogP) is -0.309. The Bertz CT molecular complexity index is 478. The lowest BCUT2D eigenvalue weighted by molar-refractivity contribution is -0.133. The summed E-state index contributed by atoms with van der Waals surface area (Å²) in [5, 5.41) is 0. The van der Waals surface area contributed by atoms with Crippen molar-refractivity contribution in [2.24, 2.45) is 11.7 Å². The Kier molecular flexibility index (Phi) is 5.27. The van der Waals surface area contributed by atoms with Crippen LogP contribution >= 0.6 is 0 Å². The van der Waals surface area contributed by atoms with E-state index >= 15 is 0 Å². The zero-order valence-corrected chi connectivity index (χ0v) is 13.8. The van der Waals surface area contributed by atoms with Crippen molar-refractivity contribution in [1.29, 1.82) is 0 Å². The molecule has 2 heterocycles. The zero-order valence-electron chi connectivity index (χ0n) is 13.0. The lowest BCUT2D eigenvalue weighted by atomic mass is 9.92. The van der Waals surface area contributed by atoms with Gasteiger partial charge in [0.05, 0.1) is 18.1 Å². The van der Waals surface area contributed by atoms with E-state index in [9.17, 15) is 13.2 Å². The number of amides is 1. The highest BCUT2D eigenvalue weighted by Gasteiger charge is 2.33. The van der Waals surface area contributed by atoms with E-state index in [2.05, 4.69) is 4.90 Å². The van der Waals surface area contributed by atoms with Crippen LogP contribution in [0.5, 0.6) is 0 Å². The van der Waals surface area contributed by atoms with Crippen LogP contribution in [0.25, 0.3) is 0 Å². The third-order valence-corrected chi connectivity index (χ3v) is 6.54. The van der Waals surface area contributed by atoms with Gasteiger partial charge in [0.1, 0.15) is 0 Å². The summed E-state index contributed by atoms with van der Waals surface area (Å²) < 4.78 is 23.0. The Morgan fingerprint density at radius 2 is 2.14 bits per heavy atom. The van der Waals surface area contributed by atoms with E-state index in [0.29, 0.717) is 18.9 Å². The molecule has 0 bridgehead atoms. The fourth-order valence-corrected chi connectivity index (χ4v) is 5.03. The number of likely N-dealkylation sites (tertiary alicyclic amines) is 1. The molecular weight excluding hydrogens is 290 g/mol. The van der Waals surface area contributed by atoms with Crippen molar-refractivity contribution in [2.75, 3.05) is 38.2 Å². The van der Waals surface area contributed by atoms with E-state index in [-0.39, 0.29) is 29.5 Å².